The zero-order chi connectivity index (χ0) is 9.14. The van der Waals surface area contributed by atoms with Gasteiger partial charge in [-0.2, -0.15) is 0 Å². The molecule has 1 saturated carbocycles. The van der Waals surface area contributed by atoms with Gasteiger partial charge < -0.3 is 15.3 Å². The van der Waals surface area contributed by atoms with Crippen LogP contribution in [0.15, 0.2) is 12.2 Å². The summed E-state index contributed by atoms with van der Waals surface area (Å²) in [5.41, 5.74) is 0.638. The number of hydrogen-bond donors (Lipinski definition) is 3. The molecule has 0 aromatic rings. The topological polar surface area (TPSA) is 60.7 Å². The van der Waals surface area contributed by atoms with E-state index in [-0.39, 0.29) is 25.0 Å². The molecule has 1 rings (SSSR count). The van der Waals surface area contributed by atoms with Crippen molar-refractivity contribution >= 4 is 0 Å². The lowest BCUT2D eigenvalue weighted by Crippen LogP contribution is -2.24. The molecule has 3 N–H and O–H groups in total. The van der Waals surface area contributed by atoms with E-state index in [1.54, 1.807) is 0 Å². The Balaban J connectivity index is 2.63. The molecule has 0 bridgehead atoms. The average Bonchev–Trinajstić information content (AvgIpc) is 2.45. The fraction of sp³-hybridized carbons (Fsp3) is 0.778. The van der Waals surface area contributed by atoms with Gasteiger partial charge in [-0.3, -0.25) is 0 Å². The first-order valence-corrected chi connectivity index (χ1v) is 4.28. The van der Waals surface area contributed by atoms with Crippen LogP contribution in [-0.4, -0.2) is 34.6 Å². The first-order chi connectivity index (χ1) is 5.70. The molecule has 0 aromatic heterocycles. The third-order valence-corrected chi connectivity index (χ3v) is 2.66. The predicted octanol–water partition coefficient (Wildman–Crippen LogP) is -0.0857. The Morgan fingerprint density at radius 2 is 2.00 bits per heavy atom. The molecule has 1 aliphatic rings. The SMILES string of the molecule is C=C(CO)[C@H]1[C@@H](CO)CC[C@H]1O. The van der Waals surface area contributed by atoms with Crippen molar-refractivity contribution in [3.8, 4) is 0 Å². The molecule has 0 heterocycles. The molecule has 3 heteroatoms. The molecule has 3 atom stereocenters. The van der Waals surface area contributed by atoms with E-state index < -0.39 is 6.10 Å². The summed E-state index contributed by atoms with van der Waals surface area (Å²) in [5.74, 6) is -0.0281. The molecule has 0 aliphatic heterocycles. The summed E-state index contributed by atoms with van der Waals surface area (Å²) in [6.07, 6.45) is 1.10. The van der Waals surface area contributed by atoms with Gasteiger partial charge >= 0.3 is 0 Å². The van der Waals surface area contributed by atoms with E-state index in [1.807, 2.05) is 0 Å². The van der Waals surface area contributed by atoms with E-state index in [2.05, 4.69) is 6.58 Å². The highest BCUT2D eigenvalue weighted by Gasteiger charge is 2.35. The molecule has 0 radical (unpaired) electrons. The van der Waals surface area contributed by atoms with Gasteiger partial charge in [0.05, 0.1) is 12.7 Å². The summed E-state index contributed by atoms with van der Waals surface area (Å²) >= 11 is 0. The second-order valence-electron chi connectivity index (χ2n) is 3.43. The van der Waals surface area contributed by atoms with Crippen molar-refractivity contribution in [1.82, 2.24) is 0 Å². The van der Waals surface area contributed by atoms with Gasteiger partial charge in [-0.05, 0) is 24.3 Å². The number of rotatable bonds is 3. The lowest BCUT2D eigenvalue weighted by atomic mass is 9.89. The van der Waals surface area contributed by atoms with Crippen LogP contribution in [0.25, 0.3) is 0 Å². The first-order valence-electron chi connectivity index (χ1n) is 4.28. The third kappa shape index (κ3) is 1.68. The van der Waals surface area contributed by atoms with E-state index in [9.17, 15) is 5.11 Å². The quantitative estimate of drug-likeness (QED) is 0.522. The van der Waals surface area contributed by atoms with Crippen molar-refractivity contribution in [2.45, 2.75) is 18.9 Å². The number of hydrogen-bond acceptors (Lipinski definition) is 3. The largest absolute Gasteiger partial charge is 0.396 e. The van der Waals surface area contributed by atoms with Gasteiger partial charge in [-0.25, -0.2) is 0 Å². The van der Waals surface area contributed by atoms with Crippen molar-refractivity contribution in [2.75, 3.05) is 13.2 Å². The lowest BCUT2D eigenvalue weighted by molar-refractivity contribution is 0.110. The van der Waals surface area contributed by atoms with Gasteiger partial charge in [-0.1, -0.05) is 6.58 Å². The number of aliphatic hydroxyl groups excluding tert-OH is 3. The predicted molar refractivity (Wildman–Crippen MR) is 45.5 cm³/mol. The highest BCUT2D eigenvalue weighted by atomic mass is 16.3. The van der Waals surface area contributed by atoms with Crippen molar-refractivity contribution in [1.29, 1.82) is 0 Å². The highest BCUT2D eigenvalue weighted by molar-refractivity contribution is 5.08. The van der Waals surface area contributed by atoms with Crippen LogP contribution in [0.4, 0.5) is 0 Å². The molecular formula is C9H16O3. The summed E-state index contributed by atoms with van der Waals surface area (Å²) in [5, 5.41) is 27.3. The van der Waals surface area contributed by atoms with Gasteiger partial charge in [0.25, 0.3) is 0 Å². The summed E-state index contributed by atoms with van der Waals surface area (Å²) in [7, 11) is 0. The summed E-state index contributed by atoms with van der Waals surface area (Å²) in [6, 6.07) is 0. The minimum absolute atomic E-state index is 0.0702. The fourth-order valence-corrected chi connectivity index (χ4v) is 1.97. The van der Waals surface area contributed by atoms with Gasteiger partial charge in [0.1, 0.15) is 0 Å². The first kappa shape index (κ1) is 9.71. The van der Waals surface area contributed by atoms with Gasteiger partial charge in [0.15, 0.2) is 0 Å². The average molecular weight is 172 g/mol. The molecule has 0 aromatic carbocycles. The second-order valence-corrected chi connectivity index (χ2v) is 3.43. The fourth-order valence-electron chi connectivity index (χ4n) is 1.97. The molecule has 3 nitrogen and oxygen atoms in total. The molecule has 0 amide bonds. The standard InChI is InChI=1S/C9H16O3/c1-6(4-10)9-7(5-11)2-3-8(9)12/h7-12H,1-5H2/t7-,8-,9+/m1/s1. The summed E-state index contributed by atoms with van der Waals surface area (Å²) < 4.78 is 0. The Morgan fingerprint density at radius 3 is 2.50 bits per heavy atom. The van der Waals surface area contributed by atoms with Crippen molar-refractivity contribution in [2.24, 2.45) is 11.8 Å². The van der Waals surface area contributed by atoms with Crippen LogP contribution in [0.3, 0.4) is 0 Å². The normalized spacial score (nSPS) is 35.4. The molecular weight excluding hydrogens is 156 g/mol. The van der Waals surface area contributed by atoms with Crippen LogP contribution in [0.1, 0.15) is 12.8 Å². The lowest BCUT2D eigenvalue weighted by Gasteiger charge is -2.21. The van der Waals surface area contributed by atoms with Crippen molar-refractivity contribution in [3.05, 3.63) is 12.2 Å². The van der Waals surface area contributed by atoms with Crippen LogP contribution >= 0.6 is 0 Å². The smallest absolute Gasteiger partial charge is 0.0642 e. The van der Waals surface area contributed by atoms with Gasteiger partial charge in [0, 0.05) is 12.5 Å². The Bertz CT molecular complexity index is 167. The molecule has 1 aliphatic carbocycles. The maximum Gasteiger partial charge on any atom is 0.0642 e. The Morgan fingerprint density at radius 1 is 1.33 bits per heavy atom. The maximum absolute atomic E-state index is 9.51. The number of aliphatic hydroxyl groups is 3. The molecule has 12 heavy (non-hydrogen) atoms. The maximum atomic E-state index is 9.51. The zero-order valence-electron chi connectivity index (χ0n) is 7.11. The zero-order valence-corrected chi connectivity index (χ0v) is 7.11. The van der Waals surface area contributed by atoms with Crippen LogP contribution in [-0.2, 0) is 0 Å². The second kappa shape index (κ2) is 4.03. The Hall–Kier alpha value is -0.380. The molecule has 0 saturated heterocycles. The molecule has 70 valence electrons. The van der Waals surface area contributed by atoms with Gasteiger partial charge in [-0.15, -0.1) is 0 Å². The van der Waals surface area contributed by atoms with Gasteiger partial charge in [0.2, 0.25) is 0 Å². The summed E-state index contributed by atoms with van der Waals surface area (Å²) in [4.78, 5) is 0. The monoisotopic (exact) mass is 172 g/mol. The molecule has 0 unspecified atom stereocenters. The molecule has 1 fully saturated rings. The molecule has 0 spiro atoms. The summed E-state index contributed by atoms with van der Waals surface area (Å²) in [6.45, 7) is 3.65. The van der Waals surface area contributed by atoms with E-state index in [0.717, 1.165) is 6.42 Å². The van der Waals surface area contributed by atoms with E-state index in [1.165, 1.54) is 0 Å². The van der Waals surface area contributed by atoms with Crippen LogP contribution < -0.4 is 0 Å². The van der Waals surface area contributed by atoms with E-state index in [0.29, 0.717) is 12.0 Å². The van der Waals surface area contributed by atoms with Crippen LogP contribution in [0.5, 0.6) is 0 Å². The Labute approximate surface area is 72.3 Å². The van der Waals surface area contributed by atoms with Crippen LogP contribution in [0.2, 0.25) is 0 Å². The Kier molecular flexibility index (Phi) is 3.26. The van der Waals surface area contributed by atoms with Crippen molar-refractivity contribution in [3.63, 3.8) is 0 Å². The highest BCUT2D eigenvalue weighted by Crippen LogP contribution is 2.35. The van der Waals surface area contributed by atoms with Crippen molar-refractivity contribution < 1.29 is 15.3 Å². The minimum atomic E-state index is -0.429. The third-order valence-electron chi connectivity index (χ3n) is 2.66. The van der Waals surface area contributed by atoms with E-state index >= 15 is 0 Å². The van der Waals surface area contributed by atoms with E-state index in [4.69, 9.17) is 10.2 Å². The minimum Gasteiger partial charge on any atom is -0.396 e. The van der Waals surface area contributed by atoms with Crippen LogP contribution in [0, 0.1) is 11.8 Å².